The standard InChI is InChI=1S/C12H11N5O/c1-17-11-4-10(3-2-8(11)7-15-17)16-12(18)9-5-13-14-6-9/h2-7H,1H3,(H,13,14)(H,16,18). The van der Waals surface area contributed by atoms with E-state index < -0.39 is 0 Å². The number of aromatic amines is 1. The third-order valence-electron chi connectivity index (χ3n) is 2.77. The lowest BCUT2D eigenvalue weighted by atomic mass is 10.2. The summed E-state index contributed by atoms with van der Waals surface area (Å²) in [5.74, 6) is -0.190. The van der Waals surface area contributed by atoms with E-state index in [2.05, 4.69) is 20.6 Å². The summed E-state index contributed by atoms with van der Waals surface area (Å²) in [5, 5.41) is 14.4. The largest absolute Gasteiger partial charge is 0.322 e. The van der Waals surface area contributed by atoms with Gasteiger partial charge in [0.15, 0.2) is 0 Å². The van der Waals surface area contributed by atoms with Gasteiger partial charge in [-0.25, -0.2) is 0 Å². The zero-order chi connectivity index (χ0) is 12.5. The Morgan fingerprint density at radius 2 is 2.28 bits per heavy atom. The summed E-state index contributed by atoms with van der Waals surface area (Å²) in [6.07, 6.45) is 4.83. The first-order valence-electron chi connectivity index (χ1n) is 5.46. The third kappa shape index (κ3) is 1.73. The van der Waals surface area contributed by atoms with Gasteiger partial charge in [0, 0.05) is 24.3 Å². The molecule has 0 unspecified atom stereocenters. The molecular formula is C12H11N5O. The van der Waals surface area contributed by atoms with Crippen LogP contribution in [-0.4, -0.2) is 25.9 Å². The molecule has 1 aromatic carbocycles. The van der Waals surface area contributed by atoms with Crippen molar-refractivity contribution < 1.29 is 4.79 Å². The molecule has 2 aromatic heterocycles. The maximum absolute atomic E-state index is 11.8. The Kier molecular flexibility index (Phi) is 2.33. The van der Waals surface area contributed by atoms with Crippen molar-refractivity contribution in [3.05, 3.63) is 42.4 Å². The second kappa shape index (κ2) is 3.99. The molecule has 90 valence electrons. The smallest absolute Gasteiger partial charge is 0.258 e. The average Bonchev–Trinajstić information content (AvgIpc) is 3.00. The zero-order valence-corrected chi connectivity index (χ0v) is 9.71. The molecule has 0 saturated heterocycles. The Bertz CT molecular complexity index is 698. The minimum absolute atomic E-state index is 0.190. The van der Waals surface area contributed by atoms with Gasteiger partial charge in [0.2, 0.25) is 0 Å². The lowest BCUT2D eigenvalue weighted by Gasteiger charge is -2.04. The molecule has 18 heavy (non-hydrogen) atoms. The highest BCUT2D eigenvalue weighted by molar-refractivity contribution is 6.04. The summed E-state index contributed by atoms with van der Waals surface area (Å²) in [6.45, 7) is 0. The number of aryl methyl sites for hydroxylation is 1. The van der Waals surface area contributed by atoms with Crippen LogP contribution in [-0.2, 0) is 7.05 Å². The van der Waals surface area contributed by atoms with E-state index in [9.17, 15) is 4.79 Å². The first-order valence-corrected chi connectivity index (χ1v) is 5.46. The van der Waals surface area contributed by atoms with Crippen LogP contribution in [0.25, 0.3) is 10.9 Å². The van der Waals surface area contributed by atoms with Crippen LogP contribution >= 0.6 is 0 Å². The van der Waals surface area contributed by atoms with E-state index in [0.717, 1.165) is 16.6 Å². The topological polar surface area (TPSA) is 75.6 Å². The van der Waals surface area contributed by atoms with E-state index in [1.165, 1.54) is 6.20 Å². The number of H-pyrrole nitrogens is 1. The Labute approximate surface area is 103 Å². The molecule has 3 rings (SSSR count). The van der Waals surface area contributed by atoms with E-state index in [0.29, 0.717) is 5.56 Å². The predicted molar refractivity (Wildman–Crippen MR) is 67.3 cm³/mol. The Morgan fingerprint density at radius 1 is 1.39 bits per heavy atom. The normalized spacial score (nSPS) is 10.7. The summed E-state index contributed by atoms with van der Waals surface area (Å²) in [4.78, 5) is 11.8. The van der Waals surface area contributed by atoms with Gasteiger partial charge in [0.25, 0.3) is 5.91 Å². The van der Waals surface area contributed by atoms with Gasteiger partial charge < -0.3 is 5.32 Å². The van der Waals surface area contributed by atoms with Crippen LogP contribution in [0.1, 0.15) is 10.4 Å². The number of carbonyl (C=O) groups excluding carboxylic acids is 1. The van der Waals surface area contributed by atoms with Crippen LogP contribution < -0.4 is 5.32 Å². The lowest BCUT2D eigenvalue weighted by molar-refractivity contribution is 0.102. The third-order valence-corrected chi connectivity index (χ3v) is 2.77. The molecule has 3 aromatic rings. The Balaban J connectivity index is 1.91. The number of amides is 1. The molecule has 0 spiro atoms. The molecule has 0 radical (unpaired) electrons. The minimum Gasteiger partial charge on any atom is -0.322 e. The monoisotopic (exact) mass is 241 g/mol. The fourth-order valence-corrected chi connectivity index (χ4v) is 1.80. The number of nitrogens with zero attached hydrogens (tertiary/aromatic N) is 3. The second-order valence-corrected chi connectivity index (χ2v) is 3.98. The van der Waals surface area contributed by atoms with E-state index in [1.54, 1.807) is 17.1 Å². The van der Waals surface area contributed by atoms with E-state index in [-0.39, 0.29) is 5.91 Å². The van der Waals surface area contributed by atoms with Gasteiger partial charge in [-0.05, 0) is 18.2 Å². The molecule has 2 N–H and O–H groups in total. The molecule has 6 heteroatoms. The number of aromatic nitrogens is 4. The number of benzene rings is 1. The van der Waals surface area contributed by atoms with Crippen LogP contribution in [0.15, 0.2) is 36.8 Å². The van der Waals surface area contributed by atoms with Crippen molar-refractivity contribution >= 4 is 22.5 Å². The van der Waals surface area contributed by atoms with Crippen LogP contribution in [0, 0.1) is 0 Å². The quantitative estimate of drug-likeness (QED) is 0.714. The molecule has 1 amide bonds. The molecule has 0 bridgehead atoms. The first kappa shape index (κ1) is 10.5. The SMILES string of the molecule is Cn1ncc2ccc(NC(=O)c3cn[nH]c3)cc21. The van der Waals surface area contributed by atoms with Gasteiger partial charge in [-0.3, -0.25) is 14.6 Å². The molecule has 2 heterocycles. The van der Waals surface area contributed by atoms with Crippen molar-refractivity contribution in [3.8, 4) is 0 Å². The van der Waals surface area contributed by atoms with E-state index in [4.69, 9.17) is 0 Å². The maximum Gasteiger partial charge on any atom is 0.258 e. The number of fused-ring (bicyclic) bond motifs is 1. The predicted octanol–water partition coefficient (Wildman–Crippen LogP) is 1.55. The van der Waals surface area contributed by atoms with Gasteiger partial charge in [0.05, 0.1) is 23.5 Å². The van der Waals surface area contributed by atoms with Crippen LogP contribution in [0.4, 0.5) is 5.69 Å². The fraction of sp³-hybridized carbons (Fsp3) is 0.0833. The van der Waals surface area contributed by atoms with Crippen LogP contribution in [0.3, 0.4) is 0 Å². The van der Waals surface area contributed by atoms with Gasteiger partial charge in [0.1, 0.15) is 0 Å². The van der Waals surface area contributed by atoms with Crippen molar-refractivity contribution in [3.63, 3.8) is 0 Å². The van der Waals surface area contributed by atoms with Crippen molar-refractivity contribution in [2.75, 3.05) is 5.32 Å². The molecule has 6 nitrogen and oxygen atoms in total. The van der Waals surface area contributed by atoms with Gasteiger partial charge in [-0.2, -0.15) is 10.2 Å². The maximum atomic E-state index is 11.8. The highest BCUT2D eigenvalue weighted by Gasteiger charge is 2.08. The van der Waals surface area contributed by atoms with Crippen LogP contribution in [0.5, 0.6) is 0 Å². The summed E-state index contributed by atoms with van der Waals surface area (Å²) in [5.41, 5.74) is 2.21. The van der Waals surface area contributed by atoms with E-state index in [1.807, 2.05) is 25.2 Å². The molecule has 0 aliphatic carbocycles. The summed E-state index contributed by atoms with van der Waals surface area (Å²) < 4.78 is 1.77. The molecular weight excluding hydrogens is 230 g/mol. The number of rotatable bonds is 2. The molecule has 0 aliphatic heterocycles. The molecule has 0 saturated carbocycles. The minimum atomic E-state index is -0.190. The number of hydrogen-bond donors (Lipinski definition) is 2. The van der Waals surface area contributed by atoms with Gasteiger partial charge in [-0.1, -0.05) is 0 Å². The van der Waals surface area contributed by atoms with Gasteiger partial charge in [-0.15, -0.1) is 0 Å². The van der Waals surface area contributed by atoms with Crippen LogP contribution in [0.2, 0.25) is 0 Å². The van der Waals surface area contributed by atoms with Crippen molar-refractivity contribution in [2.45, 2.75) is 0 Å². The Hall–Kier alpha value is -2.63. The zero-order valence-electron chi connectivity index (χ0n) is 9.71. The van der Waals surface area contributed by atoms with E-state index >= 15 is 0 Å². The fourth-order valence-electron chi connectivity index (χ4n) is 1.80. The highest BCUT2D eigenvalue weighted by Crippen LogP contribution is 2.18. The number of anilines is 1. The Morgan fingerprint density at radius 3 is 3.06 bits per heavy atom. The van der Waals surface area contributed by atoms with Gasteiger partial charge >= 0.3 is 0 Å². The number of nitrogens with one attached hydrogen (secondary N) is 2. The lowest BCUT2D eigenvalue weighted by Crippen LogP contribution is -2.10. The van der Waals surface area contributed by atoms with Crippen molar-refractivity contribution in [1.29, 1.82) is 0 Å². The van der Waals surface area contributed by atoms with Crippen molar-refractivity contribution in [2.24, 2.45) is 7.05 Å². The first-order chi connectivity index (χ1) is 8.74. The van der Waals surface area contributed by atoms with Crippen molar-refractivity contribution in [1.82, 2.24) is 20.0 Å². The molecule has 0 fully saturated rings. The summed E-state index contributed by atoms with van der Waals surface area (Å²) in [7, 11) is 1.87. The highest BCUT2D eigenvalue weighted by atomic mass is 16.1. The summed E-state index contributed by atoms with van der Waals surface area (Å²) >= 11 is 0. The average molecular weight is 241 g/mol. The molecule has 0 atom stereocenters. The molecule has 0 aliphatic rings. The number of hydrogen-bond acceptors (Lipinski definition) is 3. The second-order valence-electron chi connectivity index (χ2n) is 3.98. The summed E-state index contributed by atoms with van der Waals surface area (Å²) in [6, 6.07) is 5.66. The number of carbonyl (C=O) groups is 1.